The van der Waals surface area contributed by atoms with Crippen LogP contribution in [-0.4, -0.2) is 13.2 Å². The maximum Gasteiger partial charge on any atom is 0.0466 e. The van der Waals surface area contributed by atoms with E-state index >= 15 is 0 Å². The highest BCUT2D eigenvalue weighted by molar-refractivity contribution is 5.10. The predicted octanol–water partition coefficient (Wildman–Crippen LogP) is 5.05. The van der Waals surface area contributed by atoms with Crippen molar-refractivity contribution in [1.82, 2.24) is 0 Å². The van der Waals surface area contributed by atoms with Gasteiger partial charge in [-0.1, -0.05) is 56.2 Å². The highest BCUT2D eigenvalue weighted by Gasteiger charge is 1.89. The summed E-state index contributed by atoms with van der Waals surface area (Å²) >= 11 is 0. The lowest BCUT2D eigenvalue weighted by Gasteiger charge is -2.01. The van der Waals surface area contributed by atoms with Crippen LogP contribution in [0.15, 0.2) is 36.5 Å². The summed E-state index contributed by atoms with van der Waals surface area (Å²) in [6, 6.07) is 0. The first-order chi connectivity index (χ1) is 8.41. The monoisotopic (exact) mass is 236 g/mol. The first-order valence-corrected chi connectivity index (χ1v) is 6.94. The summed E-state index contributed by atoms with van der Waals surface area (Å²) in [5.74, 6) is 0. The molecule has 98 valence electrons. The zero-order valence-corrected chi connectivity index (χ0v) is 11.5. The summed E-state index contributed by atoms with van der Waals surface area (Å²) in [5, 5.41) is 0. The Kier molecular flexibility index (Phi) is 14.4. The van der Waals surface area contributed by atoms with Gasteiger partial charge in [-0.25, -0.2) is 0 Å². The molecule has 0 saturated heterocycles. The van der Waals surface area contributed by atoms with Gasteiger partial charge in [0, 0.05) is 13.2 Å². The molecule has 0 rings (SSSR count). The van der Waals surface area contributed by atoms with Gasteiger partial charge < -0.3 is 4.74 Å². The van der Waals surface area contributed by atoms with Crippen molar-refractivity contribution in [2.75, 3.05) is 13.2 Å². The Morgan fingerprint density at radius 1 is 0.824 bits per heavy atom. The predicted molar refractivity (Wildman–Crippen MR) is 77.3 cm³/mol. The van der Waals surface area contributed by atoms with E-state index in [9.17, 15) is 0 Å². The van der Waals surface area contributed by atoms with Crippen molar-refractivity contribution in [1.29, 1.82) is 0 Å². The van der Waals surface area contributed by atoms with E-state index in [-0.39, 0.29) is 0 Å². The third kappa shape index (κ3) is 15.2. The van der Waals surface area contributed by atoms with Crippen LogP contribution in [0.1, 0.15) is 52.4 Å². The van der Waals surface area contributed by atoms with Crippen molar-refractivity contribution in [2.45, 2.75) is 52.4 Å². The van der Waals surface area contributed by atoms with Crippen LogP contribution in [0.2, 0.25) is 0 Å². The van der Waals surface area contributed by atoms with E-state index in [4.69, 9.17) is 4.74 Å². The fourth-order valence-electron chi connectivity index (χ4n) is 1.41. The molecule has 1 heteroatoms. The van der Waals surface area contributed by atoms with E-state index in [0.29, 0.717) is 0 Å². The van der Waals surface area contributed by atoms with Gasteiger partial charge in [-0.3, -0.25) is 0 Å². The topological polar surface area (TPSA) is 9.23 Å². The minimum Gasteiger partial charge on any atom is -0.381 e. The van der Waals surface area contributed by atoms with Crippen LogP contribution in [0.25, 0.3) is 0 Å². The number of rotatable bonds is 11. The Hall–Kier alpha value is -0.820. The summed E-state index contributed by atoms with van der Waals surface area (Å²) in [5.41, 5.74) is 0. The van der Waals surface area contributed by atoms with E-state index in [1.807, 2.05) is 19.1 Å². The first-order valence-electron chi connectivity index (χ1n) is 6.94. The molecule has 0 aromatic heterocycles. The normalized spacial score (nSPS) is 12.4. The molecule has 1 nitrogen and oxygen atoms in total. The second-order valence-corrected chi connectivity index (χ2v) is 4.15. The van der Waals surface area contributed by atoms with Crippen LogP contribution in [-0.2, 0) is 4.74 Å². The van der Waals surface area contributed by atoms with Crippen LogP contribution in [0.5, 0.6) is 0 Å². The molecule has 0 amide bonds. The molecule has 0 atom stereocenters. The van der Waals surface area contributed by atoms with Gasteiger partial charge in [-0.2, -0.15) is 0 Å². The molecule has 0 saturated carbocycles. The van der Waals surface area contributed by atoms with E-state index in [0.717, 1.165) is 13.2 Å². The summed E-state index contributed by atoms with van der Waals surface area (Å²) in [4.78, 5) is 0. The molecule has 0 N–H and O–H groups in total. The van der Waals surface area contributed by atoms with Crippen molar-refractivity contribution < 1.29 is 4.74 Å². The molecular weight excluding hydrogens is 208 g/mol. The lowest BCUT2D eigenvalue weighted by molar-refractivity contribution is 0.127. The van der Waals surface area contributed by atoms with Gasteiger partial charge in [-0.05, 0) is 32.6 Å². The van der Waals surface area contributed by atoms with Crippen LogP contribution in [0.3, 0.4) is 0 Å². The van der Waals surface area contributed by atoms with Gasteiger partial charge in [0.1, 0.15) is 0 Å². The smallest absolute Gasteiger partial charge is 0.0466 e. The largest absolute Gasteiger partial charge is 0.381 e. The molecule has 0 bridgehead atoms. The standard InChI is InChI=1S/C16H28O/c1-3-5-7-8-9-10-11-12-13-14-16-17-15-6-4-2/h3,5,7-10H,4,6,11-16H2,1-2H3. The average molecular weight is 236 g/mol. The molecule has 0 aliphatic rings. The van der Waals surface area contributed by atoms with Gasteiger partial charge in [0.15, 0.2) is 0 Å². The van der Waals surface area contributed by atoms with Gasteiger partial charge in [0.05, 0.1) is 0 Å². The molecule has 0 fully saturated rings. The molecule has 0 heterocycles. The van der Waals surface area contributed by atoms with E-state index in [2.05, 4.69) is 31.2 Å². The van der Waals surface area contributed by atoms with Gasteiger partial charge >= 0.3 is 0 Å². The fourth-order valence-corrected chi connectivity index (χ4v) is 1.41. The second kappa shape index (κ2) is 15.2. The quantitative estimate of drug-likeness (QED) is 0.360. The van der Waals surface area contributed by atoms with E-state index in [1.165, 1.54) is 38.5 Å². The Balaban J connectivity index is 3.12. The summed E-state index contributed by atoms with van der Waals surface area (Å²) < 4.78 is 5.51. The minimum atomic E-state index is 0.935. The van der Waals surface area contributed by atoms with Gasteiger partial charge in [-0.15, -0.1) is 0 Å². The van der Waals surface area contributed by atoms with Crippen LogP contribution >= 0.6 is 0 Å². The number of hydrogen-bond donors (Lipinski definition) is 0. The highest BCUT2D eigenvalue weighted by Crippen LogP contribution is 2.01. The lowest BCUT2D eigenvalue weighted by atomic mass is 10.2. The molecular formula is C16H28O. The van der Waals surface area contributed by atoms with Crippen molar-refractivity contribution in [3.8, 4) is 0 Å². The molecule has 0 aliphatic carbocycles. The van der Waals surface area contributed by atoms with Crippen molar-refractivity contribution in [3.63, 3.8) is 0 Å². The van der Waals surface area contributed by atoms with Crippen LogP contribution in [0.4, 0.5) is 0 Å². The lowest BCUT2D eigenvalue weighted by Crippen LogP contribution is -1.96. The third-order valence-electron chi connectivity index (χ3n) is 2.46. The van der Waals surface area contributed by atoms with Crippen LogP contribution in [0, 0.1) is 0 Å². The van der Waals surface area contributed by atoms with E-state index in [1.54, 1.807) is 0 Å². The highest BCUT2D eigenvalue weighted by atomic mass is 16.5. The van der Waals surface area contributed by atoms with E-state index < -0.39 is 0 Å². The van der Waals surface area contributed by atoms with Gasteiger partial charge in [0.25, 0.3) is 0 Å². The van der Waals surface area contributed by atoms with Crippen LogP contribution < -0.4 is 0 Å². The molecule has 0 aliphatic heterocycles. The summed E-state index contributed by atoms with van der Waals surface area (Å²) in [7, 11) is 0. The number of allylic oxidation sites excluding steroid dienone is 6. The maximum absolute atomic E-state index is 5.51. The number of unbranched alkanes of at least 4 members (excludes halogenated alkanes) is 4. The SMILES string of the molecule is CC=CC=CC=CCCCCCOCCCC. The molecule has 0 unspecified atom stereocenters. The fraction of sp³-hybridized carbons (Fsp3) is 0.625. The Morgan fingerprint density at radius 2 is 1.59 bits per heavy atom. The molecule has 0 aromatic carbocycles. The van der Waals surface area contributed by atoms with Gasteiger partial charge in [0.2, 0.25) is 0 Å². The second-order valence-electron chi connectivity index (χ2n) is 4.15. The summed E-state index contributed by atoms with van der Waals surface area (Å²) in [6.45, 7) is 6.09. The molecule has 0 aromatic rings. The number of ether oxygens (including phenoxy) is 1. The Morgan fingerprint density at radius 3 is 2.35 bits per heavy atom. The van der Waals surface area contributed by atoms with Crippen molar-refractivity contribution in [3.05, 3.63) is 36.5 Å². The zero-order valence-electron chi connectivity index (χ0n) is 11.5. The van der Waals surface area contributed by atoms with Crippen molar-refractivity contribution in [2.24, 2.45) is 0 Å². The first kappa shape index (κ1) is 16.2. The minimum absolute atomic E-state index is 0.935. The zero-order chi connectivity index (χ0) is 12.6. The Bertz CT molecular complexity index is 214. The molecule has 0 radical (unpaired) electrons. The molecule has 0 spiro atoms. The maximum atomic E-state index is 5.51. The third-order valence-corrected chi connectivity index (χ3v) is 2.46. The number of hydrogen-bond acceptors (Lipinski definition) is 1. The molecule has 17 heavy (non-hydrogen) atoms. The van der Waals surface area contributed by atoms with Crippen molar-refractivity contribution >= 4 is 0 Å². The average Bonchev–Trinajstić information content (AvgIpc) is 2.35. The Labute approximate surface area is 107 Å². The summed E-state index contributed by atoms with van der Waals surface area (Å²) in [6.07, 6.45) is 19.9.